The quantitative estimate of drug-likeness (QED) is 0.341. The number of allylic oxidation sites excluding steroid dienone is 2. The first-order valence-corrected chi connectivity index (χ1v) is 6.28. The fraction of sp³-hybridized carbons (Fsp3) is 0.750. The molecule has 0 amide bonds. The van der Waals surface area contributed by atoms with Crippen LogP contribution < -0.4 is 0 Å². The molecule has 0 saturated carbocycles. The summed E-state index contributed by atoms with van der Waals surface area (Å²) in [5.74, 6) is 0. The lowest BCUT2D eigenvalue weighted by atomic mass is 10.2. The molecule has 0 rings (SSSR count). The maximum atomic E-state index is 5.09. The third-order valence-electron chi connectivity index (χ3n) is 0.542. The molecule has 0 spiro atoms. The van der Waals surface area contributed by atoms with Gasteiger partial charge >= 0.3 is 0 Å². The van der Waals surface area contributed by atoms with Gasteiger partial charge in [-0.2, -0.15) is 0 Å². The van der Waals surface area contributed by atoms with Crippen molar-refractivity contribution >= 4 is 0 Å². The highest BCUT2D eigenvalue weighted by atomic mass is 17.2. The first-order valence-electron chi connectivity index (χ1n) is 6.28. The molecule has 0 aromatic carbocycles. The second kappa shape index (κ2) is 10.3. The average Bonchev–Trinajstić information content (AvgIpc) is 1.95. The summed E-state index contributed by atoms with van der Waals surface area (Å²) < 4.78 is 0. The number of rotatable bonds is 1. The molecule has 0 unspecified atom stereocenters. The molecular formula is C16H34O2. The van der Waals surface area contributed by atoms with Crippen LogP contribution in [0.2, 0.25) is 0 Å². The van der Waals surface area contributed by atoms with Crippen molar-refractivity contribution < 1.29 is 9.78 Å². The van der Waals surface area contributed by atoms with Gasteiger partial charge in [0.15, 0.2) is 0 Å². The van der Waals surface area contributed by atoms with E-state index in [0.717, 1.165) is 0 Å². The maximum absolute atomic E-state index is 5.09. The van der Waals surface area contributed by atoms with E-state index in [2.05, 4.69) is 13.2 Å². The molecule has 2 heteroatoms. The fourth-order valence-electron chi connectivity index (χ4n) is 0.250. The van der Waals surface area contributed by atoms with Crippen molar-refractivity contribution in [3.05, 3.63) is 24.3 Å². The molecule has 0 aromatic heterocycles. The van der Waals surface area contributed by atoms with E-state index in [1.54, 1.807) is 0 Å². The van der Waals surface area contributed by atoms with E-state index >= 15 is 0 Å². The molecule has 0 heterocycles. The molecule has 0 aliphatic heterocycles. The molecule has 0 N–H and O–H groups in total. The van der Waals surface area contributed by atoms with E-state index in [4.69, 9.17) is 9.78 Å². The van der Waals surface area contributed by atoms with Crippen LogP contribution in [0.4, 0.5) is 0 Å². The number of hydrogen-bond donors (Lipinski definition) is 0. The summed E-state index contributed by atoms with van der Waals surface area (Å²) in [6.45, 7) is 26.7. The van der Waals surface area contributed by atoms with E-state index in [9.17, 15) is 0 Å². The molecule has 2 nitrogen and oxygen atoms in total. The first-order chi connectivity index (χ1) is 7.67. The van der Waals surface area contributed by atoms with Crippen LogP contribution >= 0.6 is 0 Å². The lowest BCUT2D eigenvalue weighted by Gasteiger charge is -2.24. The van der Waals surface area contributed by atoms with Crippen LogP contribution in [-0.2, 0) is 9.78 Å². The Hall–Kier alpha value is -0.600. The van der Waals surface area contributed by atoms with Gasteiger partial charge in [0.25, 0.3) is 0 Å². The van der Waals surface area contributed by atoms with Gasteiger partial charge in [-0.1, -0.05) is 11.1 Å². The maximum Gasteiger partial charge on any atom is 0.0952 e. The van der Waals surface area contributed by atoms with Gasteiger partial charge in [0, 0.05) is 0 Å². The molecule has 0 radical (unpaired) electrons. The summed E-state index contributed by atoms with van der Waals surface area (Å²) in [6.07, 6.45) is 0. The van der Waals surface area contributed by atoms with Crippen molar-refractivity contribution in [1.82, 2.24) is 0 Å². The standard InChI is InChI=1S/C8H18O2.2C4H8/c1-7(2,3)9-10-8(4,5)6;2*1-4(2)3/h1-6H3;2*1H2,2-3H3. The van der Waals surface area contributed by atoms with Crippen LogP contribution in [0.5, 0.6) is 0 Å². The average molecular weight is 258 g/mol. The van der Waals surface area contributed by atoms with Gasteiger partial charge < -0.3 is 0 Å². The van der Waals surface area contributed by atoms with Crippen LogP contribution in [0.3, 0.4) is 0 Å². The Morgan fingerprint density at radius 3 is 0.778 bits per heavy atom. The van der Waals surface area contributed by atoms with Crippen LogP contribution in [0.1, 0.15) is 69.2 Å². The Kier molecular flexibility index (Phi) is 13.0. The Bertz CT molecular complexity index is 192. The highest BCUT2D eigenvalue weighted by Gasteiger charge is 2.18. The summed E-state index contributed by atoms with van der Waals surface area (Å²) in [7, 11) is 0. The minimum atomic E-state index is -0.215. The molecule has 0 aliphatic carbocycles. The molecule has 110 valence electrons. The van der Waals surface area contributed by atoms with Crippen LogP contribution in [0.25, 0.3) is 0 Å². The summed E-state index contributed by atoms with van der Waals surface area (Å²) in [6, 6.07) is 0. The summed E-state index contributed by atoms with van der Waals surface area (Å²) in [4.78, 5) is 10.2. The predicted octanol–water partition coefficient (Wildman–Crippen LogP) is 5.70. The molecule has 0 bridgehead atoms. The van der Waals surface area contributed by atoms with Gasteiger partial charge in [-0.25, -0.2) is 9.78 Å². The molecule has 0 aromatic rings. The van der Waals surface area contributed by atoms with E-state index in [0.29, 0.717) is 0 Å². The van der Waals surface area contributed by atoms with E-state index in [1.807, 2.05) is 69.2 Å². The molecule has 0 saturated heterocycles. The lowest BCUT2D eigenvalue weighted by molar-refractivity contribution is -0.393. The van der Waals surface area contributed by atoms with Crippen LogP contribution in [0, 0.1) is 0 Å². The van der Waals surface area contributed by atoms with Gasteiger partial charge in [-0.15, -0.1) is 13.2 Å². The third kappa shape index (κ3) is 78.0. The van der Waals surface area contributed by atoms with E-state index in [-0.39, 0.29) is 11.2 Å². The van der Waals surface area contributed by atoms with Crippen LogP contribution in [0.15, 0.2) is 24.3 Å². The van der Waals surface area contributed by atoms with Gasteiger partial charge in [-0.3, -0.25) is 0 Å². The molecule has 0 aliphatic rings. The van der Waals surface area contributed by atoms with Gasteiger partial charge in [0.2, 0.25) is 0 Å². The third-order valence-corrected chi connectivity index (χ3v) is 0.542. The number of hydrogen-bond acceptors (Lipinski definition) is 2. The second-order valence-electron chi connectivity index (χ2n) is 6.81. The SMILES string of the molecule is C=C(C)C.C=C(C)C.CC(C)(C)OOC(C)(C)C. The summed E-state index contributed by atoms with van der Waals surface area (Å²) >= 11 is 0. The first kappa shape index (κ1) is 22.6. The second-order valence-corrected chi connectivity index (χ2v) is 6.81. The Labute approximate surface area is 115 Å². The van der Waals surface area contributed by atoms with Crippen molar-refractivity contribution in [2.75, 3.05) is 0 Å². The minimum absolute atomic E-state index is 0.215. The summed E-state index contributed by atoms with van der Waals surface area (Å²) in [5.41, 5.74) is 1.90. The highest BCUT2D eigenvalue weighted by molar-refractivity contribution is 4.79. The smallest absolute Gasteiger partial charge is 0.0952 e. The minimum Gasteiger partial charge on any atom is -0.230 e. The Morgan fingerprint density at radius 2 is 0.722 bits per heavy atom. The molecule has 0 fully saturated rings. The van der Waals surface area contributed by atoms with Crippen molar-refractivity contribution in [2.45, 2.75) is 80.4 Å². The van der Waals surface area contributed by atoms with Crippen molar-refractivity contribution in [3.8, 4) is 0 Å². The monoisotopic (exact) mass is 258 g/mol. The van der Waals surface area contributed by atoms with E-state index < -0.39 is 0 Å². The molecule has 0 atom stereocenters. The predicted molar refractivity (Wildman–Crippen MR) is 82.7 cm³/mol. The van der Waals surface area contributed by atoms with Gasteiger partial charge in [0.1, 0.15) is 0 Å². The zero-order chi connectivity index (χ0) is 15.6. The Morgan fingerprint density at radius 1 is 0.611 bits per heavy atom. The van der Waals surface area contributed by atoms with Crippen LogP contribution in [-0.4, -0.2) is 11.2 Å². The zero-order valence-corrected chi connectivity index (χ0v) is 14.2. The van der Waals surface area contributed by atoms with Gasteiger partial charge in [0.05, 0.1) is 11.2 Å². The topological polar surface area (TPSA) is 18.5 Å². The molecular weight excluding hydrogens is 224 g/mol. The lowest BCUT2D eigenvalue weighted by Crippen LogP contribution is -2.27. The van der Waals surface area contributed by atoms with E-state index in [1.165, 1.54) is 11.1 Å². The molecule has 18 heavy (non-hydrogen) atoms. The van der Waals surface area contributed by atoms with Crippen molar-refractivity contribution in [1.29, 1.82) is 0 Å². The Balaban J connectivity index is -0.000000233. The largest absolute Gasteiger partial charge is 0.230 e. The van der Waals surface area contributed by atoms with Crippen molar-refractivity contribution in [3.63, 3.8) is 0 Å². The fourth-order valence-corrected chi connectivity index (χ4v) is 0.250. The van der Waals surface area contributed by atoms with Crippen molar-refractivity contribution in [2.24, 2.45) is 0 Å². The van der Waals surface area contributed by atoms with Gasteiger partial charge in [-0.05, 0) is 69.2 Å². The zero-order valence-electron chi connectivity index (χ0n) is 14.2. The highest BCUT2D eigenvalue weighted by Crippen LogP contribution is 2.14. The normalized spacial score (nSPS) is 10.6. The summed E-state index contributed by atoms with van der Waals surface area (Å²) in [5, 5.41) is 0.